The molecule has 1 aliphatic heterocycles. The number of aryl methyl sites for hydroxylation is 1. The molecule has 1 aliphatic rings. The van der Waals surface area contributed by atoms with E-state index in [2.05, 4.69) is 0 Å². The van der Waals surface area contributed by atoms with Crippen LogP contribution in [-0.4, -0.2) is 57.5 Å². The number of thioether (sulfide) groups is 1. The van der Waals surface area contributed by atoms with Crippen molar-refractivity contribution in [3.63, 3.8) is 0 Å². The van der Waals surface area contributed by atoms with Crippen molar-refractivity contribution in [3.05, 3.63) is 94.6 Å². The minimum absolute atomic E-state index is 0. The molecule has 10 heteroatoms. The number of carboxylic acids is 1. The predicted octanol–water partition coefficient (Wildman–Crippen LogP) is 5.02. The molecule has 0 aromatic heterocycles. The van der Waals surface area contributed by atoms with Gasteiger partial charge < -0.3 is 14.5 Å². The number of aliphatic carboxylic acids is 1. The molecule has 3 aromatic carbocycles. The number of hydrogen-bond donors (Lipinski definition) is 3. The fraction of sp³-hybridized carbons (Fsp3) is 0.125. The minimum Gasteiger partial charge on any atom is -0.481 e. The van der Waals surface area contributed by atoms with Crippen LogP contribution in [0.4, 0.5) is 11.4 Å². The van der Waals surface area contributed by atoms with E-state index in [1.54, 1.807) is 12.1 Å². The van der Waals surface area contributed by atoms with Gasteiger partial charge in [0.05, 0.1) is 0 Å². The van der Waals surface area contributed by atoms with Crippen molar-refractivity contribution in [3.8, 4) is 0 Å². The second-order valence-corrected chi connectivity index (χ2v) is 9.69. The molecule has 34 heavy (non-hydrogen) atoms. The van der Waals surface area contributed by atoms with Gasteiger partial charge >= 0.3 is 13.8 Å². The summed E-state index contributed by atoms with van der Waals surface area (Å²) in [5.74, 6) is -0.866. The van der Waals surface area contributed by atoms with E-state index in [1.807, 2.05) is 72.6 Å². The first kappa shape index (κ1) is 26.6. The summed E-state index contributed by atoms with van der Waals surface area (Å²) in [7, 11) is -2.91. The summed E-state index contributed by atoms with van der Waals surface area (Å²) < 4.78 is 17.2. The summed E-state index contributed by atoms with van der Waals surface area (Å²) in [6, 6.07) is 22.4. The number of carboxylic acid groups (broad SMARTS) is 1. The van der Waals surface area contributed by atoms with Crippen molar-refractivity contribution in [2.24, 2.45) is 0 Å². The number of nitrogens with zero attached hydrogens (tertiary/aromatic N) is 1. The van der Waals surface area contributed by atoms with E-state index in [0.717, 1.165) is 39.8 Å². The van der Waals surface area contributed by atoms with Crippen molar-refractivity contribution in [1.82, 2.24) is 0 Å². The van der Waals surface area contributed by atoms with E-state index >= 15 is 0 Å². The number of phosphoric ester groups is 1. The topological polar surface area (TPSA) is 107 Å². The zero-order valence-corrected chi connectivity index (χ0v) is 22.4. The van der Waals surface area contributed by atoms with Crippen LogP contribution in [0, 0.1) is 0 Å². The van der Waals surface area contributed by atoms with Gasteiger partial charge in [-0.3, -0.25) is 14.6 Å². The van der Waals surface area contributed by atoms with Gasteiger partial charge in [-0.1, -0.05) is 60.3 Å². The van der Waals surface area contributed by atoms with E-state index in [4.69, 9.17) is 9.63 Å². The van der Waals surface area contributed by atoms with E-state index in [0.29, 0.717) is 16.9 Å². The number of fused-ring (bicyclic) bond motifs is 2. The van der Waals surface area contributed by atoms with E-state index < -0.39 is 13.8 Å². The second-order valence-electron chi connectivity index (χ2n) is 7.48. The minimum atomic E-state index is -4.85. The summed E-state index contributed by atoms with van der Waals surface area (Å²) in [5.41, 5.74) is 4.84. The van der Waals surface area contributed by atoms with Crippen molar-refractivity contribution < 1.29 is 28.8 Å². The monoisotopic (exact) mass is 506 g/mol. The average Bonchev–Trinajstić information content (AvgIpc) is 2.78. The molecule has 3 aromatic rings. The van der Waals surface area contributed by atoms with Gasteiger partial charge in [0, 0.05) is 76.0 Å². The Hall–Kier alpha value is -2.03. The van der Waals surface area contributed by atoms with Crippen LogP contribution in [0.3, 0.4) is 0 Å². The van der Waals surface area contributed by atoms with Crippen LogP contribution in [-0.2, 0) is 20.3 Å². The quantitative estimate of drug-likeness (QED) is 0.177. The Kier molecular flexibility index (Phi) is 8.71. The summed E-state index contributed by atoms with van der Waals surface area (Å²) >= 11 is 1.11. The van der Waals surface area contributed by atoms with Crippen molar-refractivity contribution in [2.45, 2.75) is 17.7 Å². The molecule has 0 fully saturated rings. The maximum atomic E-state index is 11.9. The van der Waals surface area contributed by atoms with E-state index in [-0.39, 0.29) is 41.1 Å². The Labute approximate surface area is 224 Å². The van der Waals surface area contributed by atoms with E-state index in [9.17, 15) is 19.1 Å². The molecule has 0 saturated carbocycles. The molecule has 7 nitrogen and oxygen atoms in total. The maximum Gasteiger partial charge on any atom is 0.525 e. The molecule has 0 spiro atoms. The van der Waals surface area contributed by atoms with Gasteiger partial charge in [0.25, 0.3) is 0 Å². The average molecular weight is 506 g/mol. The number of rotatable bonds is 7. The Morgan fingerprint density at radius 1 is 0.941 bits per heavy atom. The normalized spacial score (nSPS) is 12.3. The Morgan fingerprint density at radius 2 is 1.47 bits per heavy atom. The smallest absolute Gasteiger partial charge is 0.481 e. The van der Waals surface area contributed by atoms with Crippen LogP contribution in [0.25, 0.3) is 5.57 Å². The second kappa shape index (κ2) is 11.1. The molecule has 0 saturated heterocycles. The first-order chi connectivity index (χ1) is 15.7. The molecule has 0 aliphatic carbocycles. The SMILES string of the molecule is CN1c2ccccc2C(=C(OP(=O)(O)O)Sc2ccc(CCC(=O)O)cc2)c2ccccc21.[Na]. The molecular formula is C24H22NNaO6PS. The number of benzene rings is 3. The fourth-order valence-corrected chi connectivity index (χ4v) is 5.31. The zero-order valence-electron chi connectivity index (χ0n) is 18.7. The first-order valence-electron chi connectivity index (χ1n) is 10.1. The van der Waals surface area contributed by atoms with Crippen LogP contribution in [0.5, 0.6) is 0 Å². The summed E-state index contributed by atoms with van der Waals surface area (Å²) in [4.78, 5) is 32.9. The number of carbonyl (C=O) groups is 1. The van der Waals surface area contributed by atoms with Crippen molar-refractivity contribution >= 4 is 72.1 Å². The van der Waals surface area contributed by atoms with Gasteiger partial charge in [-0.2, -0.15) is 0 Å². The van der Waals surface area contributed by atoms with Crippen LogP contribution in [0.15, 0.2) is 82.8 Å². The van der Waals surface area contributed by atoms with Crippen molar-refractivity contribution in [1.29, 1.82) is 0 Å². The maximum absolute atomic E-state index is 11.9. The number of anilines is 2. The van der Waals surface area contributed by atoms with Crippen LogP contribution < -0.4 is 4.90 Å². The Balaban J connectivity index is 0.00000324. The summed E-state index contributed by atoms with van der Waals surface area (Å²) in [6.07, 6.45) is 0.435. The molecular weight excluding hydrogens is 484 g/mol. The van der Waals surface area contributed by atoms with Crippen LogP contribution in [0.1, 0.15) is 23.1 Å². The predicted molar refractivity (Wildman–Crippen MR) is 134 cm³/mol. The third kappa shape index (κ3) is 6.15. The molecule has 0 unspecified atom stereocenters. The van der Waals surface area contributed by atoms with Gasteiger partial charge in [0.2, 0.25) is 0 Å². The number of phosphoric acid groups is 1. The number of para-hydroxylation sites is 2. The largest absolute Gasteiger partial charge is 0.525 e. The molecule has 0 atom stereocenters. The first-order valence-corrected chi connectivity index (χ1v) is 12.5. The Morgan fingerprint density at radius 3 is 1.97 bits per heavy atom. The molecule has 3 N–H and O–H groups in total. The zero-order chi connectivity index (χ0) is 23.6. The molecule has 1 heterocycles. The molecule has 0 amide bonds. The van der Waals surface area contributed by atoms with Gasteiger partial charge in [0.15, 0.2) is 5.09 Å². The molecule has 171 valence electrons. The van der Waals surface area contributed by atoms with Crippen LogP contribution >= 0.6 is 19.6 Å². The van der Waals surface area contributed by atoms with Crippen molar-refractivity contribution in [2.75, 3.05) is 11.9 Å². The Bertz CT molecular complexity index is 1220. The van der Waals surface area contributed by atoms with Crippen LogP contribution in [0.2, 0.25) is 0 Å². The molecule has 1 radical (unpaired) electrons. The third-order valence-corrected chi connectivity index (χ3v) is 6.76. The van der Waals surface area contributed by atoms with E-state index in [1.165, 1.54) is 0 Å². The fourth-order valence-electron chi connectivity index (χ4n) is 3.76. The number of hydrogen-bond acceptors (Lipinski definition) is 5. The third-order valence-electron chi connectivity index (χ3n) is 5.24. The van der Waals surface area contributed by atoms with Gasteiger partial charge in [-0.25, -0.2) is 4.57 Å². The molecule has 4 rings (SSSR count). The van der Waals surface area contributed by atoms with Gasteiger partial charge in [-0.15, -0.1) is 0 Å². The van der Waals surface area contributed by atoms with Gasteiger partial charge in [0.1, 0.15) is 0 Å². The standard InChI is InChI=1S/C24H22NO6PS.Na/c1-25-20-8-4-2-6-18(20)23(19-7-3-5-9-21(19)25)24(31-32(28,29)30)33-17-13-10-16(11-14-17)12-15-22(26)27;/h2-11,13-14H,12,15H2,1H3,(H,26,27)(H2,28,29,30);. The van der Waals surface area contributed by atoms with Gasteiger partial charge in [-0.05, 0) is 36.2 Å². The molecule has 0 bridgehead atoms. The summed E-state index contributed by atoms with van der Waals surface area (Å²) in [6.45, 7) is 0. The summed E-state index contributed by atoms with van der Waals surface area (Å²) in [5, 5.41) is 8.97.